The second-order valence-electron chi connectivity index (χ2n) is 6.20. The number of thiophene rings is 1. The van der Waals surface area contributed by atoms with Gasteiger partial charge >= 0.3 is 0 Å². The molecule has 122 valence electrons. The van der Waals surface area contributed by atoms with E-state index in [0.717, 1.165) is 50.1 Å². The summed E-state index contributed by atoms with van der Waals surface area (Å²) in [6, 6.07) is 4.41. The minimum absolute atomic E-state index is 0.270. The number of amides is 1. The van der Waals surface area contributed by atoms with Gasteiger partial charge in [-0.05, 0) is 24.5 Å². The molecule has 1 aromatic heterocycles. The molecule has 2 fully saturated rings. The molecular formula is C16H23ClN2O2S. The van der Waals surface area contributed by atoms with Crippen LogP contribution in [0.1, 0.15) is 18.2 Å². The minimum Gasteiger partial charge on any atom is -0.379 e. The summed E-state index contributed by atoms with van der Waals surface area (Å²) in [7, 11) is 0. The van der Waals surface area contributed by atoms with Crippen molar-refractivity contribution in [1.82, 2.24) is 9.80 Å². The van der Waals surface area contributed by atoms with Crippen molar-refractivity contribution in [3.63, 3.8) is 0 Å². The van der Waals surface area contributed by atoms with E-state index in [4.69, 9.17) is 16.3 Å². The molecule has 2 saturated heterocycles. The first-order valence-corrected chi connectivity index (χ1v) is 9.16. The van der Waals surface area contributed by atoms with E-state index in [1.807, 2.05) is 17.0 Å². The largest absolute Gasteiger partial charge is 0.379 e. The van der Waals surface area contributed by atoms with E-state index in [-0.39, 0.29) is 5.91 Å². The number of aryl methyl sites for hydroxylation is 1. The van der Waals surface area contributed by atoms with Gasteiger partial charge in [0.2, 0.25) is 5.91 Å². The third kappa shape index (κ3) is 3.82. The maximum atomic E-state index is 12.5. The molecular weight excluding hydrogens is 320 g/mol. The second-order valence-corrected chi connectivity index (χ2v) is 8.00. The molecule has 22 heavy (non-hydrogen) atoms. The van der Waals surface area contributed by atoms with E-state index in [0.29, 0.717) is 18.4 Å². The van der Waals surface area contributed by atoms with Gasteiger partial charge in [-0.1, -0.05) is 18.5 Å². The normalized spacial score (nSPS) is 26.5. The first-order valence-electron chi connectivity index (χ1n) is 7.97. The number of hydrogen-bond acceptors (Lipinski definition) is 4. The number of rotatable bonds is 4. The molecule has 1 amide bonds. The van der Waals surface area contributed by atoms with Crippen molar-refractivity contribution < 1.29 is 9.53 Å². The molecule has 0 saturated carbocycles. The molecule has 2 atom stereocenters. The number of morpholine rings is 1. The van der Waals surface area contributed by atoms with Crippen molar-refractivity contribution in [3.8, 4) is 0 Å². The number of carbonyl (C=O) groups is 1. The van der Waals surface area contributed by atoms with Crippen molar-refractivity contribution in [2.75, 3.05) is 39.4 Å². The van der Waals surface area contributed by atoms with E-state index in [1.165, 1.54) is 4.88 Å². The van der Waals surface area contributed by atoms with Gasteiger partial charge in [-0.25, -0.2) is 0 Å². The van der Waals surface area contributed by atoms with Gasteiger partial charge in [0.1, 0.15) is 0 Å². The van der Waals surface area contributed by atoms with E-state index >= 15 is 0 Å². The van der Waals surface area contributed by atoms with Crippen LogP contribution in [-0.4, -0.2) is 61.1 Å². The van der Waals surface area contributed by atoms with Crippen LogP contribution in [0.5, 0.6) is 0 Å². The quantitative estimate of drug-likeness (QED) is 0.843. The van der Waals surface area contributed by atoms with Gasteiger partial charge in [0.05, 0.1) is 17.6 Å². The molecule has 4 nitrogen and oxygen atoms in total. The average Bonchev–Trinajstić information content (AvgIpc) is 3.12. The van der Waals surface area contributed by atoms with E-state index in [2.05, 4.69) is 11.8 Å². The highest BCUT2D eigenvalue weighted by atomic mass is 35.5. The smallest absolute Gasteiger partial charge is 0.222 e. The van der Waals surface area contributed by atoms with Crippen LogP contribution >= 0.6 is 22.9 Å². The Morgan fingerprint density at radius 2 is 2.14 bits per heavy atom. The summed E-state index contributed by atoms with van der Waals surface area (Å²) in [5, 5.41) is 0. The van der Waals surface area contributed by atoms with Crippen LogP contribution in [0.15, 0.2) is 12.1 Å². The monoisotopic (exact) mass is 342 g/mol. The molecule has 0 bridgehead atoms. The first kappa shape index (κ1) is 16.2. The molecule has 0 N–H and O–H groups in total. The zero-order chi connectivity index (χ0) is 15.5. The lowest BCUT2D eigenvalue weighted by Crippen LogP contribution is -2.47. The number of hydrogen-bond donors (Lipinski definition) is 0. The lowest BCUT2D eigenvalue weighted by molar-refractivity contribution is -0.130. The fourth-order valence-electron chi connectivity index (χ4n) is 3.41. The Bertz CT molecular complexity index is 516. The summed E-state index contributed by atoms with van der Waals surface area (Å²) in [5.74, 6) is 0.811. The van der Waals surface area contributed by atoms with Crippen LogP contribution in [-0.2, 0) is 16.0 Å². The molecule has 6 heteroatoms. The van der Waals surface area contributed by atoms with Gasteiger partial charge in [0.25, 0.3) is 0 Å². The summed E-state index contributed by atoms with van der Waals surface area (Å²) in [4.78, 5) is 18.2. The Morgan fingerprint density at radius 1 is 1.36 bits per heavy atom. The van der Waals surface area contributed by atoms with Gasteiger partial charge in [-0.2, -0.15) is 0 Å². The first-order chi connectivity index (χ1) is 10.6. The fraction of sp³-hybridized carbons (Fsp3) is 0.688. The Hall–Kier alpha value is -0.620. The third-order valence-corrected chi connectivity index (χ3v) is 5.95. The van der Waals surface area contributed by atoms with Gasteiger partial charge in [-0.3, -0.25) is 9.69 Å². The molecule has 3 heterocycles. The number of carbonyl (C=O) groups excluding carboxylic acids is 1. The van der Waals surface area contributed by atoms with Crippen molar-refractivity contribution in [3.05, 3.63) is 21.3 Å². The molecule has 0 aliphatic carbocycles. The van der Waals surface area contributed by atoms with Crippen LogP contribution in [0.2, 0.25) is 4.34 Å². The van der Waals surface area contributed by atoms with E-state index in [9.17, 15) is 4.79 Å². The van der Waals surface area contributed by atoms with E-state index < -0.39 is 0 Å². The molecule has 2 unspecified atom stereocenters. The van der Waals surface area contributed by atoms with Crippen molar-refractivity contribution >= 4 is 28.8 Å². The maximum absolute atomic E-state index is 12.5. The van der Waals surface area contributed by atoms with Crippen LogP contribution in [0.3, 0.4) is 0 Å². The minimum atomic E-state index is 0.270. The van der Waals surface area contributed by atoms with E-state index in [1.54, 1.807) is 11.3 Å². The Labute approximate surface area is 141 Å². The molecule has 0 aromatic carbocycles. The number of halogens is 1. The molecule has 2 aliphatic heterocycles. The Kier molecular flexibility index (Phi) is 5.39. The SMILES string of the molecule is CC1CN(C(=O)CCc2ccc(Cl)s2)CC1N1CCOCC1. The predicted molar refractivity (Wildman–Crippen MR) is 89.6 cm³/mol. The number of likely N-dealkylation sites (tertiary alicyclic amines) is 1. The number of nitrogens with zero attached hydrogens (tertiary/aromatic N) is 2. The molecule has 3 rings (SSSR count). The van der Waals surface area contributed by atoms with Crippen molar-refractivity contribution in [2.24, 2.45) is 5.92 Å². The van der Waals surface area contributed by atoms with Gasteiger partial charge in [0, 0.05) is 43.5 Å². The molecule has 2 aliphatic rings. The predicted octanol–water partition coefficient (Wildman–Crippen LogP) is 2.51. The third-order valence-electron chi connectivity index (χ3n) is 4.65. The maximum Gasteiger partial charge on any atom is 0.222 e. The van der Waals surface area contributed by atoms with Gasteiger partial charge in [-0.15, -0.1) is 11.3 Å². The Morgan fingerprint density at radius 3 is 2.82 bits per heavy atom. The lowest BCUT2D eigenvalue weighted by atomic mass is 10.0. The summed E-state index contributed by atoms with van der Waals surface area (Å²) in [6.07, 6.45) is 1.38. The van der Waals surface area contributed by atoms with Crippen LogP contribution < -0.4 is 0 Å². The fourth-order valence-corrected chi connectivity index (χ4v) is 4.50. The topological polar surface area (TPSA) is 32.8 Å². The zero-order valence-corrected chi connectivity index (χ0v) is 14.5. The lowest BCUT2D eigenvalue weighted by Gasteiger charge is -2.34. The number of ether oxygens (including phenoxy) is 1. The van der Waals surface area contributed by atoms with Crippen molar-refractivity contribution in [1.29, 1.82) is 0 Å². The summed E-state index contributed by atoms with van der Waals surface area (Å²) in [6.45, 7) is 7.62. The highest BCUT2D eigenvalue weighted by Gasteiger charge is 2.36. The summed E-state index contributed by atoms with van der Waals surface area (Å²) < 4.78 is 6.22. The van der Waals surface area contributed by atoms with Crippen LogP contribution in [0.25, 0.3) is 0 Å². The van der Waals surface area contributed by atoms with Crippen LogP contribution in [0, 0.1) is 5.92 Å². The summed E-state index contributed by atoms with van der Waals surface area (Å²) in [5.41, 5.74) is 0. The summed E-state index contributed by atoms with van der Waals surface area (Å²) >= 11 is 7.50. The zero-order valence-electron chi connectivity index (χ0n) is 13.0. The standard InChI is InChI=1S/C16H23ClN2O2S/c1-12-10-19(11-14(12)18-6-8-21-9-7-18)16(20)5-3-13-2-4-15(17)22-13/h2,4,12,14H,3,5-11H2,1H3. The van der Waals surface area contributed by atoms with Gasteiger partial charge in [0.15, 0.2) is 0 Å². The molecule has 0 radical (unpaired) electrons. The van der Waals surface area contributed by atoms with Crippen LogP contribution in [0.4, 0.5) is 0 Å². The highest BCUT2D eigenvalue weighted by molar-refractivity contribution is 7.16. The molecule has 1 aromatic rings. The highest BCUT2D eigenvalue weighted by Crippen LogP contribution is 2.25. The Balaban J connectivity index is 1.51. The van der Waals surface area contributed by atoms with Gasteiger partial charge < -0.3 is 9.64 Å². The second kappa shape index (κ2) is 7.30. The molecule has 0 spiro atoms. The van der Waals surface area contributed by atoms with Crippen molar-refractivity contribution in [2.45, 2.75) is 25.8 Å². The average molecular weight is 343 g/mol.